The molecule has 0 spiro atoms. The van der Waals surface area contributed by atoms with Gasteiger partial charge in [0.05, 0.1) is 19.8 Å². The van der Waals surface area contributed by atoms with Crippen LogP contribution in [-0.2, 0) is 14.3 Å². The predicted octanol–water partition coefficient (Wildman–Crippen LogP) is 2.62. The van der Waals surface area contributed by atoms with Crippen molar-refractivity contribution in [2.45, 2.75) is 45.3 Å². The minimum Gasteiger partial charge on any atom is -0.487 e. The van der Waals surface area contributed by atoms with E-state index in [1.807, 2.05) is 38.1 Å². The van der Waals surface area contributed by atoms with E-state index in [9.17, 15) is 15.0 Å². The number of carbonyl (C=O) groups is 1. The standard InChI is InChI=1S/C20H26O5/c1-19(2)9-8-15-16(23)18(24-12-20(3,10-21)11-22)14-7-5-4-6-13(14)17(15)25-19/h4-7,18,21-22H,8-12H2,1-3H3. The average Bonchev–Trinajstić information content (AvgIpc) is 2.60. The maximum Gasteiger partial charge on any atom is 0.195 e. The third kappa shape index (κ3) is 3.36. The molecular formula is C20H26O5. The second kappa shape index (κ2) is 6.56. The zero-order valence-corrected chi connectivity index (χ0v) is 15.0. The van der Waals surface area contributed by atoms with E-state index in [2.05, 4.69) is 0 Å². The van der Waals surface area contributed by atoms with Gasteiger partial charge in [0.2, 0.25) is 0 Å². The van der Waals surface area contributed by atoms with Crippen LogP contribution in [0.3, 0.4) is 0 Å². The fraction of sp³-hybridized carbons (Fsp3) is 0.550. The quantitative estimate of drug-likeness (QED) is 0.857. The molecule has 2 aliphatic rings. The Morgan fingerprint density at radius 2 is 1.96 bits per heavy atom. The van der Waals surface area contributed by atoms with Gasteiger partial charge in [0.15, 0.2) is 5.78 Å². The van der Waals surface area contributed by atoms with Gasteiger partial charge in [0, 0.05) is 16.6 Å². The van der Waals surface area contributed by atoms with Crippen molar-refractivity contribution < 1.29 is 24.5 Å². The summed E-state index contributed by atoms with van der Waals surface area (Å²) in [6.45, 7) is 5.46. The van der Waals surface area contributed by atoms with Gasteiger partial charge in [0.25, 0.3) is 0 Å². The first-order valence-electron chi connectivity index (χ1n) is 8.69. The summed E-state index contributed by atoms with van der Waals surface area (Å²) in [5.74, 6) is 0.589. The minimum absolute atomic E-state index is 0.0811. The molecule has 1 aromatic rings. The second-order valence-corrected chi connectivity index (χ2v) is 7.94. The number of carbonyl (C=O) groups excluding carboxylic acids is 1. The van der Waals surface area contributed by atoms with Crippen molar-refractivity contribution in [2.75, 3.05) is 19.8 Å². The minimum atomic E-state index is -0.783. The Hall–Kier alpha value is -1.69. The molecule has 1 heterocycles. The molecule has 0 bridgehead atoms. The molecule has 3 rings (SSSR count). The van der Waals surface area contributed by atoms with Crippen molar-refractivity contribution in [3.05, 3.63) is 41.0 Å². The van der Waals surface area contributed by atoms with Crippen LogP contribution in [0.1, 0.15) is 50.8 Å². The molecule has 0 fully saturated rings. The Labute approximate surface area is 148 Å². The van der Waals surface area contributed by atoms with Crippen LogP contribution in [0, 0.1) is 5.41 Å². The van der Waals surface area contributed by atoms with Gasteiger partial charge in [-0.15, -0.1) is 0 Å². The van der Waals surface area contributed by atoms with Crippen molar-refractivity contribution >= 4 is 11.5 Å². The molecule has 0 saturated heterocycles. The first-order valence-corrected chi connectivity index (χ1v) is 8.69. The highest BCUT2D eigenvalue weighted by Crippen LogP contribution is 2.45. The van der Waals surface area contributed by atoms with Crippen molar-refractivity contribution in [2.24, 2.45) is 5.41 Å². The monoisotopic (exact) mass is 346 g/mol. The largest absolute Gasteiger partial charge is 0.487 e. The highest BCUT2D eigenvalue weighted by molar-refractivity contribution is 6.08. The van der Waals surface area contributed by atoms with E-state index in [0.29, 0.717) is 17.8 Å². The molecule has 0 radical (unpaired) electrons. The molecule has 0 amide bonds. The second-order valence-electron chi connectivity index (χ2n) is 7.94. The normalized spacial score (nSPS) is 22.3. The van der Waals surface area contributed by atoms with Crippen LogP contribution >= 0.6 is 0 Å². The molecule has 1 aromatic carbocycles. The van der Waals surface area contributed by atoms with E-state index < -0.39 is 11.5 Å². The van der Waals surface area contributed by atoms with Gasteiger partial charge in [-0.2, -0.15) is 0 Å². The van der Waals surface area contributed by atoms with Crippen LogP contribution in [0.15, 0.2) is 29.8 Å². The summed E-state index contributed by atoms with van der Waals surface area (Å²) in [6, 6.07) is 7.63. The number of fused-ring (bicyclic) bond motifs is 2. The van der Waals surface area contributed by atoms with E-state index in [1.54, 1.807) is 6.92 Å². The Balaban J connectivity index is 1.95. The number of benzene rings is 1. The van der Waals surface area contributed by atoms with Crippen LogP contribution in [0.5, 0.6) is 0 Å². The highest BCUT2D eigenvalue weighted by atomic mass is 16.5. The third-order valence-electron chi connectivity index (χ3n) is 5.01. The number of Topliss-reactive ketones (excluding diaryl/α,β-unsaturated/α-hetero) is 1. The number of hydrogen-bond donors (Lipinski definition) is 2. The summed E-state index contributed by atoms with van der Waals surface area (Å²) in [7, 11) is 0. The molecule has 1 aliphatic heterocycles. The number of ketones is 1. The third-order valence-corrected chi connectivity index (χ3v) is 5.01. The molecule has 2 N–H and O–H groups in total. The molecule has 1 unspecified atom stereocenters. The van der Waals surface area contributed by atoms with Gasteiger partial charge in [-0.3, -0.25) is 4.79 Å². The van der Waals surface area contributed by atoms with Gasteiger partial charge in [0.1, 0.15) is 17.5 Å². The SMILES string of the molecule is CC(CO)(CO)COC1C(=O)C2=C(OC(C)(C)CC2)c2ccccc21. The summed E-state index contributed by atoms with van der Waals surface area (Å²) in [6.07, 6.45) is 0.710. The zero-order chi connectivity index (χ0) is 18.2. The number of aliphatic hydroxyl groups is 2. The zero-order valence-electron chi connectivity index (χ0n) is 15.0. The van der Waals surface area contributed by atoms with E-state index in [4.69, 9.17) is 9.47 Å². The molecular weight excluding hydrogens is 320 g/mol. The number of rotatable bonds is 5. The Morgan fingerprint density at radius 3 is 2.64 bits per heavy atom. The number of hydrogen-bond acceptors (Lipinski definition) is 5. The summed E-state index contributed by atoms with van der Waals surface area (Å²) in [5, 5.41) is 18.9. The van der Waals surface area contributed by atoms with Crippen LogP contribution in [-0.4, -0.2) is 41.4 Å². The Kier molecular flexibility index (Phi) is 4.75. The Morgan fingerprint density at radius 1 is 1.28 bits per heavy atom. The molecule has 1 atom stereocenters. The number of aliphatic hydroxyl groups excluding tert-OH is 2. The summed E-state index contributed by atoms with van der Waals surface area (Å²) >= 11 is 0. The van der Waals surface area contributed by atoms with Crippen LogP contribution < -0.4 is 0 Å². The van der Waals surface area contributed by atoms with E-state index in [0.717, 1.165) is 17.5 Å². The molecule has 136 valence electrons. The molecule has 1 aliphatic carbocycles. The Bertz CT molecular complexity index is 700. The summed E-state index contributed by atoms with van der Waals surface area (Å²) in [4.78, 5) is 13.0. The summed E-state index contributed by atoms with van der Waals surface area (Å²) in [5.41, 5.74) is 1.27. The molecule has 5 nitrogen and oxygen atoms in total. The van der Waals surface area contributed by atoms with Crippen molar-refractivity contribution in [3.63, 3.8) is 0 Å². The lowest BCUT2D eigenvalue weighted by Crippen LogP contribution is -2.37. The van der Waals surface area contributed by atoms with Crippen molar-refractivity contribution in [3.8, 4) is 0 Å². The van der Waals surface area contributed by atoms with Crippen LogP contribution in [0.4, 0.5) is 0 Å². The van der Waals surface area contributed by atoms with Gasteiger partial charge in [-0.05, 0) is 32.3 Å². The molecule has 5 heteroatoms. The van der Waals surface area contributed by atoms with E-state index in [1.165, 1.54) is 0 Å². The summed E-state index contributed by atoms with van der Waals surface area (Å²) < 4.78 is 12.0. The molecule has 0 saturated carbocycles. The van der Waals surface area contributed by atoms with Crippen LogP contribution in [0.2, 0.25) is 0 Å². The lowest BCUT2D eigenvalue weighted by Gasteiger charge is -2.39. The van der Waals surface area contributed by atoms with Crippen molar-refractivity contribution in [1.29, 1.82) is 0 Å². The maximum atomic E-state index is 13.0. The maximum absolute atomic E-state index is 13.0. The van der Waals surface area contributed by atoms with Gasteiger partial charge in [-0.25, -0.2) is 0 Å². The topological polar surface area (TPSA) is 76.0 Å². The number of ether oxygens (including phenoxy) is 2. The fourth-order valence-corrected chi connectivity index (χ4v) is 3.20. The van der Waals surface area contributed by atoms with Crippen molar-refractivity contribution in [1.82, 2.24) is 0 Å². The lowest BCUT2D eigenvalue weighted by molar-refractivity contribution is -0.132. The molecule has 0 aromatic heterocycles. The average molecular weight is 346 g/mol. The first kappa shape index (κ1) is 18.1. The molecule has 25 heavy (non-hydrogen) atoms. The van der Waals surface area contributed by atoms with E-state index in [-0.39, 0.29) is 31.2 Å². The first-order chi connectivity index (χ1) is 11.8. The highest BCUT2D eigenvalue weighted by Gasteiger charge is 2.41. The van der Waals surface area contributed by atoms with Gasteiger partial charge in [-0.1, -0.05) is 31.2 Å². The predicted molar refractivity (Wildman–Crippen MR) is 93.7 cm³/mol. The van der Waals surface area contributed by atoms with E-state index >= 15 is 0 Å². The van der Waals surface area contributed by atoms with Crippen LogP contribution in [0.25, 0.3) is 5.76 Å². The lowest BCUT2D eigenvalue weighted by atomic mass is 9.81. The van der Waals surface area contributed by atoms with Gasteiger partial charge < -0.3 is 19.7 Å². The smallest absolute Gasteiger partial charge is 0.195 e. The van der Waals surface area contributed by atoms with Gasteiger partial charge >= 0.3 is 0 Å². The fourth-order valence-electron chi connectivity index (χ4n) is 3.20.